The molecule has 0 atom stereocenters. The fourth-order valence-electron chi connectivity index (χ4n) is 7.25. The van der Waals surface area contributed by atoms with E-state index < -0.39 is 0 Å². The standard InChI is InChI=1S/C47H29N3O/c1-2-14-32-28-34(27-26-30(32)12-1)33-16-9-17-35(29-33)45-48-46(41-21-6-5-19-38(41)37-22-10-15-31-13-3-4-18-36(31)37)50-47(49-45)42-24-11-23-40-39-20-7-8-25-43(39)51-44(40)42/h1-29H. The first kappa shape index (κ1) is 29.0. The molecule has 2 aromatic heterocycles. The third kappa shape index (κ3) is 5.04. The molecule has 10 aromatic rings. The van der Waals surface area contributed by atoms with Gasteiger partial charge in [0.1, 0.15) is 11.2 Å². The molecule has 4 nitrogen and oxygen atoms in total. The molecule has 0 aliphatic carbocycles. The highest BCUT2D eigenvalue weighted by Crippen LogP contribution is 2.39. The van der Waals surface area contributed by atoms with E-state index in [1.54, 1.807) is 0 Å². The van der Waals surface area contributed by atoms with Crippen LogP contribution in [-0.4, -0.2) is 15.0 Å². The zero-order chi connectivity index (χ0) is 33.7. The van der Waals surface area contributed by atoms with E-state index in [4.69, 9.17) is 19.4 Å². The van der Waals surface area contributed by atoms with Crippen LogP contribution in [0.3, 0.4) is 0 Å². The summed E-state index contributed by atoms with van der Waals surface area (Å²) in [6.45, 7) is 0. The van der Waals surface area contributed by atoms with Gasteiger partial charge in [0, 0.05) is 21.9 Å². The van der Waals surface area contributed by atoms with Crippen molar-refractivity contribution < 1.29 is 4.42 Å². The van der Waals surface area contributed by atoms with E-state index in [1.165, 1.54) is 21.5 Å². The predicted octanol–water partition coefficient (Wildman–Crippen LogP) is 12.4. The summed E-state index contributed by atoms with van der Waals surface area (Å²) < 4.78 is 6.48. The molecule has 10 rings (SSSR count). The fraction of sp³-hybridized carbons (Fsp3) is 0. The second kappa shape index (κ2) is 11.9. The van der Waals surface area contributed by atoms with Crippen molar-refractivity contribution >= 4 is 43.5 Å². The maximum Gasteiger partial charge on any atom is 0.167 e. The van der Waals surface area contributed by atoms with Gasteiger partial charge in [0.2, 0.25) is 0 Å². The Labute approximate surface area is 294 Å². The van der Waals surface area contributed by atoms with Gasteiger partial charge in [0.05, 0.1) is 5.56 Å². The van der Waals surface area contributed by atoms with Crippen molar-refractivity contribution in [1.82, 2.24) is 15.0 Å². The number of aromatic nitrogens is 3. The van der Waals surface area contributed by atoms with Crippen LogP contribution in [0.15, 0.2) is 180 Å². The SMILES string of the molecule is c1cc(-c2ccc3ccccc3c2)cc(-c2nc(-c3ccccc3-c3cccc4ccccc34)nc(-c3cccc4c3oc3ccccc34)n2)c1. The lowest BCUT2D eigenvalue weighted by Crippen LogP contribution is -2.01. The second-order valence-corrected chi connectivity index (χ2v) is 12.8. The number of benzene rings is 8. The van der Waals surface area contributed by atoms with Crippen molar-refractivity contribution in [2.45, 2.75) is 0 Å². The first-order chi connectivity index (χ1) is 25.3. The third-order valence-corrected chi connectivity index (χ3v) is 9.73. The first-order valence-electron chi connectivity index (χ1n) is 17.1. The van der Waals surface area contributed by atoms with Crippen LogP contribution >= 0.6 is 0 Å². The lowest BCUT2D eigenvalue weighted by molar-refractivity contribution is 0.669. The number of rotatable bonds is 5. The van der Waals surface area contributed by atoms with Gasteiger partial charge < -0.3 is 4.42 Å². The molecule has 2 heterocycles. The van der Waals surface area contributed by atoms with Crippen molar-refractivity contribution in [1.29, 1.82) is 0 Å². The fourth-order valence-corrected chi connectivity index (χ4v) is 7.25. The van der Waals surface area contributed by atoms with Crippen LogP contribution in [0.25, 0.3) is 99.9 Å². The summed E-state index contributed by atoms with van der Waals surface area (Å²) in [5, 5.41) is 6.87. The van der Waals surface area contributed by atoms with Crippen molar-refractivity contribution in [2.24, 2.45) is 0 Å². The van der Waals surface area contributed by atoms with Crippen LogP contribution in [0.5, 0.6) is 0 Å². The Morgan fingerprint density at radius 1 is 0.314 bits per heavy atom. The smallest absolute Gasteiger partial charge is 0.167 e. The number of para-hydroxylation sites is 2. The monoisotopic (exact) mass is 651 g/mol. The molecule has 0 spiro atoms. The third-order valence-electron chi connectivity index (χ3n) is 9.73. The Hall–Kier alpha value is -6.91. The van der Waals surface area contributed by atoms with Gasteiger partial charge in [-0.15, -0.1) is 0 Å². The Bertz CT molecular complexity index is 2940. The summed E-state index contributed by atoms with van der Waals surface area (Å²) in [4.78, 5) is 15.6. The Kier molecular flexibility index (Phi) is 6.78. The van der Waals surface area contributed by atoms with Crippen molar-refractivity contribution in [3.05, 3.63) is 176 Å². The highest BCUT2D eigenvalue weighted by molar-refractivity contribution is 6.09. The molecule has 51 heavy (non-hydrogen) atoms. The van der Waals surface area contributed by atoms with Gasteiger partial charge in [-0.2, -0.15) is 0 Å². The summed E-state index contributed by atoms with van der Waals surface area (Å²) in [6, 6.07) is 61.1. The summed E-state index contributed by atoms with van der Waals surface area (Å²) in [7, 11) is 0. The van der Waals surface area contributed by atoms with E-state index >= 15 is 0 Å². The van der Waals surface area contributed by atoms with Crippen LogP contribution in [0.2, 0.25) is 0 Å². The summed E-state index contributed by atoms with van der Waals surface area (Å²) in [6.07, 6.45) is 0. The molecule has 4 heteroatoms. The molecule has 238 valence electrons. The van der Waals surface area contributed by atoms with Crippen molar-refractivity contribution in [3.63, 3.8) is 0 Å². The minimum Gasteiger partial charge on any atom is -0.455 e. The molecule has 8 aromatic carbocycles. The van der Waals surface area contributed by atoms with Crippen LogP contribution in [-0.2, 0) is 0 Å². The lowest BCUT2D eigenvalue weighted by Gasteiger charge is -2.14. The molecule has 0 aliphatic heterocycles. The van der Waals surface area contributed by atoms with Crippen molar-refractivity contribution in [2.75, 3.05) is 0 Å². The van der Waals surface area contributed by atoms with Gasteiger partial charge in [-0.05, 0) is 68.1 Å². The molecule has 0 fully saturated rings. The molecular weight excluding hydrogens is 623 g/mol. The van der Waals surface area contributed by atoms with Gasteiger partial charge >= 0.3 is 0 Å². The maximum absolute atomic E-state index is 6.48. The minimum absolute atomic E-state index is 0.559. The van der Waals surface area contributed by atoms with E-state index in [0.29, 0.717) is 17.5 Å². The highest BCUT2D eigenvalue weighted by atomic mass is 16.3. The Morgan fingerprint density at radius 3 is 1.78 bits per heavy atom. The van der Waals surface area contributed by atoms with E-state index in [-0.39, 0.29) is 0 Å². The molecular formula is C47H29N3O. The van der Waals surface area contributed by atoms with Gasteiger partial charge in [-0.25, -0.2) is 15.0 Å². The molecule has 0 N–H and O–H groups in total. The van der Waals surface area contributed by atoms with Gasteiger partial charge in [0.15, 0.2) is 17.5 Å². The van der Waals surface area contributed by atoms with Gasteiger partial charge in [0.25, 0.3) is 0 Å². The molecule has 0 aliphatic rings. The average molecular weight is 652 g/mol. The minimum atomic E-state index is 0.559. The highest BCUT2D eigenvalue weighted by Gasteiger charge is 2.20. The lowest BCUT2D eigenvalue weighted by atomic mass is 9.94. The van der Waals surface area contributed by atoms with E-state index in [2.05, 4.69) is 140 Å². The number of hydrogen-bond donors (Lipinski definition) is 0. The molecule has 0 unspecified atom stereocenters. The summed E-state index contributed by atoms with van der Waals surface area (Å²) in [5.41, 5.74) is 8.67. The molecule has 0 amide bonds. The normalized spacial score (nSPS) is 11.5. The van der Waals surface area contributed by atoms with E-state index in [9.17, 15) is 0 Å². The number of hydrogen-bond acceptors (Lipinski definition) is 4. The molecule has 0 saturated carbocycles. The first-order valence-corrected chi connectivity index (χ1v) is 17.1. The van der Waals surface area contributed by atoms with Crippen LogP contribution in [0, 0.1) is 0 Å². The average Bonchev–Trinajstić information content (AvgIpc) is 3.59. The quantitative estimate of drug-likeness (QED) is 0.186. The number of furan rings is 1. The van der Waals surface area contributed by atoms with E-state index in [1.807, 2.05) is 36.4 Å². The van der Waals surface area contributed by atoms with Crippen LogP contribution < -0.4 is 0 Å². The van der Waals surface area contributed by atoms with Gasteiger partial charge in [-0.3, -0.25) is 0 Å². The predicted molar refractivity (Wildman–Crippen MR) is 209 cm³/mol. The Balaban J connectivity index is 1.20. The summed E-state index contributed by atoms with van der Waals surface area (Å²) >= 11 is 0. The maximum atomic E-state index is 6.48. The largest absolute Gasteiger partial charge is 0.455 e. The topological polar surface area (TPSA) is 51.8 Å². The van der Waals surface area contributed by atoms with Crippen LogP contribution in [0.4, 0.5) is 0 Å². The van der Waals surface area contributed by atoms with Crippen LogP contribution in [0.1, 0.15) is 0 Å². The molecule has 0 radical (unpaired) electrons. The molecule has 0 saturated heterocycles. The number of fused-ring (bicyclic) bond motifs is 5. The summed E-state index contributed by atoms with van der Waals surface area (Å²) in [5.74, 6) is 1.75. The number of nitrogens with zero attached hydrogens (tertiary/aromatic N) is 3. The van der Waals surface area contributed by atoms with E-state index in [0.717, 1.165) is 60.9 Å². The zero-order valence-electron chi connectivity index (χ0n) is 27.5. The van der Waals surface area contributed by atoms with Gasteiger partial charge in [-0.1, -0.05) is 152 Å². The second-order valence-electron chi connectivity index (χ2n) is 12.8. The van der Waals surface area contributed by atoms with Crippen molar-refractivity contribution in [3.8, 4) is 56.4 Å². The zero-order valence-corrected chi connectivity index (χ0v) is 27.5. The Morgan fingerprint density at radius 2 is 0.882 bits per heavy atom. The molecule has 0 bridgehead atoms.